The summed E-state index contributed by atoms with van der Waals surface area (Å²) in [7, 11) is 0. The molecule has 0 aliphatic carbocycles. The van der Waals surface area contributed by atoms with Gasteiger partial charge in [-0.25, -0.2) is 0 Å². The van der Waals surface area contributed by atoms with Crippen LogP contribution < -0.4 is 10.5 Å². The third-order valence-corrected chi connectivity index (χ3v) is 2.68. The van der Waals surface area contributed by atoms with Crippen LogP contribution in [0.4, 0.5) is 0 Å². The largest absolute Gasteiger partial charge is 0.486 e. The smallest absolute Gasteiger partial charge is 0.123 e. The van der Waals surface area contributed by atoms with Crippen LogP contribution in [0.1, 0.15) is 18.9 Å². The van der Waals surface area contributed by atoms with Crippen molar-refractivity contribution in [2.24, 2.45) is 5.73 Å². The molecule has 14 heavy (non-hydrogen) atoms. The fourth-order valence-corrected chi connectivity index (χ4v) is 1.67. The predicted molar refractivity (Wildman–Crippen MR) is 60.1 cm³/mol. The summed E-state index contributed by atoms with van der Waals surface area (Å²) in [5.74, 6) is 1.00. The molecule has 1 heterocycles. The lowest BCUT2D eigenvalue weighted by atomic mass is 9.93. The molecule has 0 fully saturated rings. The van der Waals surface area contributed by atoms with Crippen molar-refractivity contribution in [2.75, 3.05) is 6.54 Å². The van der Waals surface area contributed by atoms with Gasteiger partial charge in [0.1, 0.15) is 11.4 Å². The predicted octanol–water partition coefficient (Wildman–Crippen LogP) is 2.15. The van der Waals surface area contributed by atoms with Crippen molar-refractivity contribution in [1.29, 1.82) is 0 Å². The highest BCUT2D eigenvalue weighted by Gasteiger charge is 2.29. The molecule has 1 unspecified atom stereocenters. The first-order valence-corrected chi connectivity index (χ1v) is 4.70. The molecule has 0 saturated carbocycles. The van der Waals surface area contributed by atoms with Gasteiger partial charge in [-0.3, -0.25) is 0 Å². The van der Waals surface area contributed by atoms with Crippen LogP contribution in [0.2, 0.25) is 0 Å². The van der Waals surface area contributed by atoms with Crippen LogP contribution in [0, 0.1) is 0 Å². The van der Waals surface area contributed by atoms with Crippen molar-refractivity contribution >= 4 is 12.4 Å². The molecule has 0 aromatic heterocycles. The number of para-hydroxylation sites is 1. The molecule has 0 saturated heterocycles. The number of benzene rings is 1. The van der Waals surface area contributed by atoms with Gasteiger partial charge in [0.05, 0.1) is 0 Å². The summed E-state index contributed by atoms with van der Waals surface area (Å²) in [5.41, 5.74) is 6.81. The Bertz CT molecular complexity index is 316. The fraction of sp³-hybridized carbons (Fsp3) is 0.455. The molecule has 1 aromatic carbocycles. The van der Waals surface area contributed by atoms with Gasteiger partial charge in [-0.1, -0.05) is 18.2 Å². The summed E-state index contributed by atoms with van der Waals surface area (Å²) in [6, 6.07) is 8.18. The SMILES string of the molecule is CC1(CN)CCc2ccccc2O1.Cl. The molecule has 3 heteroatoms. The van der Waals surface area contributed by atoms with Crippen LogP contribution in [0.15, 0.2) is 24.3 Å². The number of nitrogens with two attached hydrogens (primary N) is 1. The number of fused-ring (bicyclic) bond motifs is 1. The van der Waals surface area contributed by atoms with Crippen LogP contribution in [-0.2, 0) is 6.42 Å². The molecule has 1 aliphatic rings. The molecule has 2 N–H and O–H groups in total. The molecule has 0 amide bonds. The average molecular weight is 214 g/mol. The highest BCUT2D eigenvalue weighted by molar-refractivity contribution is 5.85. The Labute approximate surface area is 90.9 Å². The molecule has 1 atom stereocenters. The van der Waals surface area contributed by atoms with Gasteiger partial charge in [-0.05, 0) is 31.4 Å². The third-order valence-electron chi connectivity index (χ3n) is 2.68. The lowest BCUT2D eigenvalue weighted by molar-refractivity contribution is 0.0739. The zero-order chi connectivity index (χ0) is 9.31. The number of halogens is 1. The Morgan fingerprint density at radius 2 is 2.14 bits per heavy atom. The third kappa shape index (κ3) is 2.02. The van der Waals surface area contributed by atoms with E-state index in [9.17, 15) is 0 Å². The number of aryl methyl sites for hydroxylation is 1. The van der Waals surface area contributed by atoms with E-state index in [1.807, 2.05) is 18.2 Å². The Balaban J connectivity index is 0.000000980. The Morgan fingerprint density at radius 3 is 2.86 bits per heavy atom. The average Bonchev–Trinajstić information content (AvgIpc) is 2.18. The van der Waals surface area contributed by atoms with Crippen molar-refractivity contribution < 1.29 is 4.74 Å². The van der Waals surface area contributed by atoms with Gasteiger partial charge >= 0.3 is 0 Å². The molecule has 0 radical (unpaired) electrons. The number of ether oxygens (including phenoxy) is 1. The van der Waals surface area contributed by atoms with Gasteiger partial charge < -0.3 is 10.5 Å². The maximum Gasteiger partial charge on any atom is 0.123 e. The van der Waals surface area contributed by atoms with Gasteiger partial charge in [0, 0.05) is 6.54 Å². The van der Waals surface area contributed by atoms with E-state index < -0.39 is 0 Å². The molecule has 78 valence electrons. The summed E-state index contributed by atoms with van der Waals surface area (Å²) in [4.78, 5) is 0. The fourth-order valence-electron chi connectivity index (χ4n) is 1.67. The van der Waals surface area contributed by atoms with Gasteiger partial charge in [-0.15, -0.1) is 12.4 Å². The van der Waals surface area contributed by atoms with Crippen LogP contribution in [0.25, 0.3) is 0 Å². The number of hydrogen-bond donors (Lipinski definition) is 1. The molecule has 1 aliphatic heterocycles. The zero-order valence-electron chi connectivity index (χ0n) is 8.32. The van der Waals surface area contributed by atoms with Crippen LogP contribution >= 0.6 is 12.4 Å². The molecule has 2 rings (SSSR count). The standard InChI is InChI=1S/C11H15NO.ClH/c1-11(8-12)7-6-9-4-2-3-5-10(9)13-11;/h2-5H,6-8,12H2,1H3;1H. The Morgan fingerprint density at radius 1 is 1.43 bits per heavy atom. The summed E-state index contributed by atoms with van der Waals surface area (Å²) in [6.07, 6.45) is 2.09. The quantitative estimate of drug-likeness (QED) is 0.776. The first-order chi connectivity index (χ1) is 6.23. The van der Waals surface area contributed by atoms with E-state index in [1.165, 1.54) is 5.56 Å². The Hall–Kier alpha value is -0.730. The van der Waals surface area contributed by atoms with E-state index in [-0.39, 0.29) is 18.0 Å². The second-order valence-corrected chi connectivity index (χ2v) is 3.86. The van der Waals surface area contributed by atoms with Gasteiger partial charge in [0.2, 0.25) is 0 Å². The minimum atomic E-state index is -0.158. The number of hydrogen-bond acceptors (Lipinski definition) is 2. The topological polar surface area (TPSA) is 35.2 Å². The first kappa shape index (κ1) is 11.3. The summed E-state index contributed by atoms with van der Waals surface area (Å²) in [6.45, 7) is 2.66. The maximum atomic E-state index is 5.84. The summed E-state index contributed by atoms with van der Waals surface area (Å²) in [5, 5.41) is 0. The minimum Gasteiger partial charge on any atom is -0.486 e. The van der Waals surface area contributed by atoms with Crippen molar-refractivity contribution in [1.82, 2.24) is 0 Å². The normalized spacial score (nSPS) is 24.4. The van der Waals surface area contributed by atoms with Crippen molar-refractivity contribution in [3.63, 3.8) is 0 Å². The van der Waals surface area contributed by atoms with Crippen molar-refractivity contribution in [2.45, 2.75) is 25.4 Å². The first-order valence-electron chi connectivity index (χ1n) is 4.70. The number of rotatable bonds is 1. The second kappa shape index (κ2) is 4.20. The molecule has 2 nitrogen and oxygen atoms in total. The molecule has 0 spiro atoms. The van der Waals surface area contributed by atoms with E-state index in [1.54, 1.807) is 0 Å². The Kier molecular flexibility index (Phi) is 3.40. The lowest BCUT2D eigenvalue weighted by Crippen LogP contribution is -2.43. The van der Waals surface area contributed by atoms with E-state index in [2.05, 4.69) is 13.0 Å². The van der Waals surface area contributed by atoms with Gasteiger partial charge in [0.15, 0.2) is 0 Å². The monoisotopic (exact) mass is 213 g/mol. The highest BCUT2D eigenvalue weighted by atomic mass is 35.5. The van der Waals surface area contributed by atoms with Gasteiger partial charge in [0.25, 0.3) is 0 Å². The second-order valence-electron chi connectivity index (χ2n) is 3.86. The van der Waals surface area contributed by atoms with E-state index >= 15 is 0 Å². The van der Waals surface area contributed by atoms with Crippen LogP contribution in [0.5, 0.6) is 5.75 Å². The van der Waals surface area contributed by atoms with E-state index in [0.29, 0.717) is 6.54 Å². The summed E-state index contributed by atoms with van der Waals surface area (Å²) >= 11 is 0. The molecular formula is C11H16ClNO. The van der Waals surface area contributed by atoms with Gasteiger partial charge in [-0.2, -0.15) is 0 Å². The summed E-state index contributed by atoms with van der Waals surface area (Å²) < 4.78 is 5.84. The molecular weight excluding hydrogens is 198 g/mol. The van der Waals surface area contributed by atoms with Crippen molar-refractivity contribution in [3.8, 4) is 5.75 Å². The van der Waals surface area contributed by atoms with E-state index in [0.717, 1.165) is 18.6 Å². The van der Waals surface area contributed by atoms with Crippen molar-refractivity contribution in [3.05, 3.63) is 29.8 Å². The van der Waals surface area contributed by atoms with Crippen LogP contribution in [-0.4, -0.2) is 12.1 Å². The van der Waals surface area contributed by atoms with Crippen LogP contribution in [0.3, 0.4) is 0 Å². The maximum absolute atomic E-state index is 5.84. The minimum absolute atomic E-state index is 0. The molecule has 1 aromatic rings. The lowest BCUT2D eigenvalue weighted by Gasteiger charge is -2.34. The van der Waals surface area contributed by atoms with E-state index in [4.69, 9.17) is 10.5 Å². The highest BCUT2D eigenvalue weighted by Crippen LogP contribution is 2.31. The zero-order valence-corrected chi connectivity index (χ0v) is 9.14. The molecule has 0 bridgehead atoms.